The van der Waals surface area contributed by atoms with Crippen molar-refractivity contribution >= 4 is 11.3 Å². The van der Waals surface area contributed by atoms with Crippen LogP contribution in [-0.4, -0.2) is 9.55 Å². The average molecular weight is 192 g/mol. The first-order chi connectivity index (χ1) is 6.36. The fourth-order valence-electron chi connectivity index (χ4n) is 1.36. The molecule has 2 aromatic heterocycles. The maximum Gasteiger partial charge on any atom is 0.0948 e. The molecule has 2 nitrogen and oxygen atoms in total. The van der Waals surface area contributed by atoms with Gasteiger partial charge in [-0.1, -0.05) is 6.07 Å². The Labute approximate surface area is 81.9 Å². The highest BCUT2D eigenvalue weighted by Gasteiger charge is 2.04. The van der Waals surface area contributed by atoms with Crippen molar-refractivity contribution in [2.75, 3.05) is 0 Å². The molecule has 0 radical (unpaired) electrons. The predicted molar refractivity (Wildman–Crippen MR) is 55.0 cm³/mol. The highest BCUT2D eigenvalue weighted by Crippen LogP contribution is 2.17. The molecule has 68 valence electrons. The van der Waals surface area contributed by atoms with Crippen molar-refractivity contribution in [1.82, 2.24) is 9.55 Å². The normalized spacial score (nSPS) is 13.0. The number of imidazole rings is 1. The van der Waals surface area contributed by atoms with Gasteiger partial charge in [-0.2, -0.15) is 0 Å². The predicted octanol–water partition coefficient (Wildman–Crippen LogP) is 2.75. The number of nitrogens with zero attached hydrogens (tertiary/aromatic N) is 2. The van der Waals surface area contributed by atoms with Gasteiger partial charge in [0.05, 0.1) is 6.33 Å². The van der Waals surface area contributed by atoms with Crippen LogP contribution in [0, 0.1) is 0 Å². The summed E-state index contributed by atoms with van der Waals surface area (Å²) in [5.74, 6) is 0. The zero-order valence-corrected chi connectivity index (χ0v) is 8.37. The summed E-state index contributed by atoms with van der Waals surface area (Å²) < 4.78 is 2.14. The van der Waals surface area contributed by atoms with Gasteiger partial charge in [-0.05, 0) is 18.4 Å². The van der Waals surface area contributed by atoms with E-state index >= 15 is 0 Å². The molecule has 1 atom stereocenters. The van der Waals surface area contributed by atoms with Gasteiger partial charge in [-0.25, -0.2) is 4.98 Å². The van der Waals surface area contributed by atoms with Crippen LogP contribution in [0.5, 0.6) is 0 Å². The molecule has 0 N–H and O–H groups in total. The SMILES string of the molecule is CC(Cc1cccs1)n1ccnc1. The Bertz CT molecular complexity index is 337. The molecule has 1 unspecified atom stereocenters. The quantitative estimate of drug-likeness (QED) is 0.731. The molecule has 13 heavy (non-hydrogen) atoms. The average Bonchev–Trinajstić information content (AvgIpc) is 2.74. The van der Waals surface area contributed by atoms with E-state index in [0.29, 0.717) is 6.04 Å². The summed E-state index contributed by atoms with van der Waals surface area (Å²) in [6.07, 6.45) is 6.80. The third-order valence-corrected chi connectivity index (χ3v) is 3.01. The maximum atomic E-state index is 4.04. The summed E-state index contributed by atoms with van der Waals surface area (Å²) in [5.41, 5.74) is 0. The minimum absolute atomic E-state index is 0.501. The van der Waals surface area contributed by atoms with Gasteiger partial charge < -0.3 is 4.57 Å². The molecular formula is C10H12N2S. The highest BCUT2D eigenvalue weighted by molar-refractivity contribution is 7.09. The zero-order valence-electron chi connectivity index (χ0n) is 7.55. The van der Waals surface area contributed by atoms with Crippen LogP contribution in [-0.2, 0) is 6.42 Å². The van der Waals surface area contributed by atoms with E-state index in [9.17, 15) is 0 Å². The summed E-state index contributed by atoms with van der Waals surface area (Å²) in [4.78, 5) is 5.47. The highest BCUT2D eigenvalue weighted by atomic mass is 32.1. The molecule has 3 heteroatoms. The Hall–Kier alpha value is -1.09. The van der Waals surface area contributed by atoms with Crippen LogP contribution in [0.15, 0.2) is 36.2 Å². The lowest BCUT2D eigenvalue weighted by atomic mass is 10.2. The van der Waals surface area contributed by atoms with Crippen molar-refractivity contribution in [1.29, 1.82) is 0 Å². The first kappa shape index (κ1) is 8.51. The number of rotatable bonds is 3. The van der Waals surface area contributed by atoms with E-state index < -0.39 is 0 Å². The molecule has 0 aromatic carbocycles. The van der Waals surface area contributed by atoms with Crippen molar-refractivity contribution in [3.05, 3.63) is 41.1 Å². The summed E-state index contributed by atoms with van der Waals surface area (Å²) in [5, 5.41) is 2.12. The lowest BCUT2D eigenvalue weighted by molar-refractivity contribution is 0.548. The van der Waals surface area contributed by atoms with E-state index in [1.54, 1.807) is 0 Å². The van der Waals surface area contributed by atoms with Crippen molar-refractivity contribution in [2.24, 2.45) is 0 Å². The van der Waals surface area contributed by atoms with Crippen LogP contribution in [0.3, 0.4) is 0 Å². The number of thiophene rings is 1. The van der Waals surface area contributed by atoms with Crippen LogP contribution in [0.4, 0.5) is 0 Å². The lowest BCUT2D eigenvalue weighted by Crippen LogP contribution is -2.04. The fourth-order valence-corrected chi connectivity index (χ4v) is 2.18. The van der Waals surface area contributed by atoms with Crippen LogP contribution < -0.4 is 0 Å². The van der Waals surface area contributed by atoms with Gasteiger partial charge in [-0.15, -0.1) is 11.3 Å². The van der Waals surface area contributed by atoms with Crippen molar-refractivity contribution in [3.63, 3.8) is 0 Å². The molecule has 0 bridgehead atoms. The minimum atomic E-state index is 0.501. The van der Waals surface area contributed by atoms with Gasteiger partial charge in [0, 0.05) is 29.7 Å². The van der Waals surface area contributed by atoms with Gasteiger partial charge in [-0.3, -0.25) is 0 Å². The fraction of sp³-hybridized carbons (Fsp3) is 0.300. The molecule has 0 spiro atoms. The van der Waals surface area contributed by atoms with Crippen molar-refractivity contribution in [2.45, 2.75) is 19.4 Å². The summed E-state index contributed by atoms with van der Waals surface area (Å²) in [7, 11) is 0. The van der Waals surface area contributed by atoms with Crippen molar-refractivity contribution < 1.29 is 0 Å². The second-order valence-corrected chi connectivity index (χ2v) is 4.17. The molecule has 0 fully saturated rings. The Kier molecular flexibility index (Phi) is 2.45. The monoisotopic (exact) mass is 192 g/mol. The van der Waals surface area contributed by atoms with Gasteiger partial charge in [0.15, 0.2) is 0 Å². The van der Waals surface area contributed by atoms with Crippen LogP contribution >= 0.6 is 11.3 Å². The van der Waals surface area contributed by atoms with Crippen LogP contribution in [0.1, 0.15) is 17.8 Å². The Balaban J connectivity index is 2.04. The first-order valence-electron chi connectivity index (χ1n) is 4.36. The third kappa shape index (κ3) is 1.98. The topological polar surface area (TPSA) is 17.8 Å². The summed E-state index contributed by atoms with van der Waals surface area (Å²) >= 11 is 1.81. The van der Waals surface area contributed by atoms with Gasteiger partial charge in [0.25, 0.3) is 0 Å². The van der Waals surface area contributed by atoms with Crippen LogP contribution in [0.25, 0.3) is 0 Å². The van der Waals surface area contributed by atoms with Gasteiger partial charge in [0.2, 0.25) is 0 Å². The first-order valence-corrected chi connectivity index (χ1v) is 5.24. The Morgan fingerprint density at radius 1 is 1.62 bits per heavy atom. The molecule has 0 aliphatic carbocycles. The number of hydrogen-bond acceptors (Lipinski definition) is 2. The molecule has 2 heterocycles. The standard InChI is InChI=1S/C10H12N2S/c1-9(12-5-4-11-8-12)7-10-3-2-6-13-10/h2-6,8-9H,7H2,1H3. The third-order valence-electron chi connectivity index (χ3n) is 2.11. The van der Waals surface area contributed by atoms with Gasteiger partial charge >= 0.3 is 0 Å². The van der Waals surface area contributed by atoms with E-state index in [-0.39, 0.29) is 0 Å². The van der Waals surface area contributed by atoms with Crippen LogP contribution in [0.2, 0.25) is 0 Å². The molecule has 0 amide bonds. The van der Waals surface area contributed by atoms with Crippen molar-refractivity contribution in [3.8, 4) is 0 Å². The Morgan fingerprint density at radius 2 is 2.54 bits per heavy atom. The van der Waals surface area contributed by atoms with Gasteiger partial charge in [0.1, 0.15) is 0 Å². The lowest BCUT2D eigenvalue weighted by Gasteiger charge is -2.10. The summed E-state index contributed by atoms with van der Waals surface area (Å²) in [6.45, 7) is 2.21. The minimum Gasteiger partial charge on any atom is -0.334 e. The molecule has 2 aromatic rings. The molecule has 0 aliphatic heterocycles. The molecule has 0 aliphatic rings. The number of aromatic nitrogens is 2. The maximum absolute atomic E-state index is 4.04. The molecule has 0 saturated carbocycles. The zero-order chi connectivity index (χ0) is 9.10. The smallest absolute Gasteiger partial charge is 0.0948 e. The molecular weight excluding hydrogens is 180 g/mol. The second kappa shape index (κ2) is 3.75. The summed E-state index contributed by atoms with van der Waals surface area (Å²) in [6, 6.07) is 4.78. The molecule has 2 rings (SSSR count). The second-order valence-electron chi connectivity index (χ2n) is 3.14. The van der Waals surface area contributed by atoms with E-state index in [0.717, 1.165) is 6.42 Å². The van der Waals surface area contributed by atoms with E-state index in [4.69, 9.17) is 0 Å². The largest absolute Gasteiger partial charge is 0.334 e. The molecule has 0 saturated heterocycles. The van der Waals surface area contributed by atoms with E-state index in [2.05, 4.69) is 34.0 Å². The van der Waals surface area contributed by atoms with E-state index in [1.165, 1.54) is 4.88 Å². The number of hydrogen-bond donors (Lipinski definition) is 0. The Morgan fingerprint density at radius 3 is 3.15 bits per heavy atom. The van der Waals surface area contributed by atoms with E-state index in [1.807, 2.05) is 30.1 Å².